The number of aromatic amines is 1. The van der Waals surface area contributed by atoms with Gasteiger partial charge in [0.05, 0.1) is 16.4 Å². The second-order valence-electron chi connectivity index (χ2n) is 6.02. The second-order valence-corrected chi connectivity index (χ2v) is 8.03. The van der Waals surface area contributed by atoms with E-state index in [9.17, 15) is 29.6 Å². The minimum atomic E-state index is -1.43. The molecule has 2 atom stereocenters. The molecule has 2 N–H and O–H groups in total. The highest BCUT2D eigenvalue weighted by Crippen LogP contribution is 2.58. The van der Waals surface area contributed by atoms with Crippen LogP contribution in [-0.4, -0.2) is 32.7 Å². The van der Waals surface area contributed by atoms with Crippen LogP contribution in [0.2, 0.25) is 0 Å². The van der Waals surface area contributed by atoms with Crippen molar-refractivity contribution in [2.45, 2.75) is 17.4 Å². The molecule has 134 valence electrons. The number of thiazole rings is 1. The van der Waals surface area contributed by atoms with Crippen LogP contribution in [0.15, 0.2) is 28.0 Å². The number of fused-ring (bicyclic) bond motifs is 5. The number of nitrogens with zero attached hydrogens (tertiary/aromatic N) is 1. The first-order chi connectivity index (χ1) is 12.3. The van der Waals surface area contributed by atoms with Gasteiger partial charge in [0, 0.05) is 34.2 Å². The molecule has 0 aliphatic carbocycles. The zero-order valence-corrected chi connectivity index (χ0v) is 14.5. The number of carboxylic acid groups (broad SMARTS) is 1. The summed E-state index contributed by atoms with van der Waals surface area (Å²) >= 11 is 2.06. The fraction of sp³-hybridized carbons (Fsp3) is 0.267. The lowest BCUT2D eigenvalue weighted by Gasteiger charge is -2.43. The van der Waals surface area contributed by atoms with Crippen molar-refractivity contribution in [1.29, 1.82) is 0 Å². The summed E-state index contributed by atoms with van der Waals surface area (Å²) in [5.74, 6) is -2.46. The molecule has 2 aliphatic heterocycles. The number of carbonyl (C=O) groups excluding carboxylic acids is 1. The Kier molecular flexibility index (Phi) is 3.66. The molecule has 0 amide bonds. The van der Waals surface area contributed by atoms with Gasteiger partial charge in [0.1, 0.15) is 11.2 Å². The number of rotatable bonds is 3. The van der Waals surface area contributed by atoms with Crippen molar-refractivity contribution in [1.82, 2.24) is 4.98 Å². The Balaban J connectivity index is 2.01. The number of nitrogens with one attached hydrogen (secondary N) is 1. The van der Waals surface area contributed by atoms with E-state index in [1.807, 2.05) is 0 Å². The van der Waals surface area contributed by atoms with Gasteiger partial charge in [0.25, 0.3) is 5.69 Å². The molecular formula is C15H10N2O7S2. The Labute approximate surface area is 153 Å². The molecule has 1 aromatic carbocycles. The summed E-state index contributed by atoms with van der Waals surface area (Å²) in [6, 6.07) is 3.83. The zero-order valence-electron chi connectivity index (χ0n) is 12.9. The SMILES string of the molecule is O=C(O)C[C@@]12CSc3[nH]c(=O)sc3[C@@H]1c1cc([N+](=O)[O-])ccc1OC2=O. The maximum Gasteiger partial charge on any atom is 0.319 e. The van der Waals surface area contributed by atoms with E-state index in [1.165, 1.54) is 30.0 Å². The van der Waals surface area contributed by atoms with E-state index >= 15 is 0 Å². The van der Waals surface area contributed by atoms with E-state index in [0.717, 1.165) is 11.3 Å². The Morgan fingerprint density at radius 2 is 2.23 bits per heavy atom. The Hall–Kier alpha value is -2.66. The maximum atomic E-state index is 12.8. The maximum absolute atomic E-state index is 12.8. The largest absolute Gasteiger partial charge is 0.481 e. The predicted molar refractivity (Wildman–Crippen MR) is 90.9 cm³/mol. The molecule has 11 heteroatoms. The minimum absolute atomic E-state index is 0.0879. The summed E-state index contributed by atoms with van der Waals surface area (Å²) in [7, 11) is 0. The monoisotopic (exact) mass is 394 g/mol. The molecule has 9 nitrogen and oxygen atoms in total. The number of hydrogen-bond acceptors (Lipinski definition) is 8. The van der Waals surface area contributed by atoms with Gasteiger partial charge in [0.15, 0.2) is 0 Å². The molecule has 4 rings (SSSR count). The lowest BCUT2D eigenvalue weighted by molar-refractivity contribution is -0.385. The quantitative estimate of drug-likeness (QED) is 0.348. The summed E-state index contributed by atoms with van der Waals surface area (Å²) in [6.07, 6.45) is -0.503. The fourth-order valence-electron chi connectivity index (χ4n) is 3.44. The summed E-state index contributed by atoms with van der Waals surface area (Å²) in [4.78, 5) is 49.5. The Morgan fingerprint density at radius 1 is 1.46 bits per heavy atom. The Morgan fingerprint density at radius 3 is 2.92 bits per heavy atom. The van der Waals surface area contributed by atoms with Gasteiger partial charge in [-0.25, -0.2) is 0 Å². The van der Waals surface area contributed by atoms with Gasteiger partial charge in [-0.1, -0.05) is 11.3 Å². The average Bonchev–Trinajstić information content (AvgIpc) is 2.94. The van der Waals surface area contributed by atoms with E-state index in [-0.39, 0.29) is 22.1 Å². The molecule has 0 saturated carbocycles. The molecule has 2 aliphatic rings. The molecule has 0 saturated heterocycles. The molecule has 0 unspecified atom stereocenters. The number of non-ortho nitro benzene ring substituents is 1. The van der Waals surface area contributed by atoms with Gasteiger partial charge in [0.2, 0.25) is 0 Å². The van der Waals surface area contributed by atoms with Gasteiger partial charge in [-0.15, -0.1) is 11.8 Å². The number of nitro benzene ring substituents is 1. The summed E-state index contributed by atoms with van der Waals surface area (Å²) < 4.78 is 5.34. The molecule has 0 bridgehead atoms. The number of thioether (sulfide) groups is 1. The summed E-state index contributed by atoms with van der Waals surface area (Å²) in [5.41, 5.74) is -1.29. The van der Waals surface area contributed by atoms with Crippen LogP contribution >= 0.6 is 23.1 Å². The fourth-order valence-corrected chi connectivity index (χ4v) is 5.99. The molecular weight excluding hydrogens is 384 g/mol. The number of carboxylic acids is 1. The van der Waals surface area contributed by atoms with Crippen molar-refractivity contribution in [3.63, 3.8) is 0 Å². The molecule has 1 aromatic heterocycles. The van der Waals surface area contributed by atoms with Gasteiger partial charge >= 0.3 is 16.8 Å². The number of aromatic nitrogens is 1. The third kappa shape index (κ3) is 2.35. The van der Waals surface area contributed by atoms with Crippen molar-refractivity contribution in [3.05, 3.63) is 48.4 Å². The first-order valence-corrected chi connectivity index (χ1v) is 9.20. The van der Waals surface area contributed by atoms with E-state index in [4.69, 9.17) is 4.74 Å². The molecule has 0 fully saturated rings. The van der Waals surface area contributed by atoms with Crippen molar-refractivity contribution in [2.75, 3.05) is 5.75 Å². The van der Waals surface area contributed by atoms with E-state index in [2.05, 4.69) is 4.98 Å². The zero-order chi connectivity index (χ0) is 18.6. The van der Waals surface area contributed by atoms with E-state index in [1.54, 1.807) is 0 Å². The lowest BCUT2D eigenvalue weighted by atomic mass is 9.68. The average molecular weight is 394 g/mol. The first kappa shape index (κ1) is 16.8. The highest BCUT2D eigenvalue weighted by molar-refractivity contribution is 7.99. The number of hydrogen-bond donors (Lipinski definition) is 2. The number of esters is 1. The number of H-pyrrole nitrogens is 1. The van der Waals surface area contributed by atoms with Gasteiger partial charge in [-0.2, -0.15) is 0 Å². The van der Waals surface area contributed by atoms with Crippen LogP contribution in [0.1, 0.15) is 22.8 Å². The highest BCUT2D eigenvalue weighted by atomic mass is 32.2. The smallest absolute Gasteiger partial charge is 0.319 e. The molecule has 2 aromatic rings. The second kappa shape index (κ2) is 5.68. The van der Waals surface area contributed by atoms with E-state index in [0.29, 0.717) is 15.5 Å². The summed E-state index contributed by atoms with van der Waals surface area (Å²) in [6.45, 7) is 0. The first-order valence-electron chi connectivity index (χ1n) is 7.40. The van der Waals surface area contributed by atoms with Crippen LogP contribution in [0, 0.1) is 15.5 Å². The van der Waals surface area contributed by atoms with Crippen molar-refractivity contribution >= 4 is 40.7 Å². The van der Waals surface area contributed by atoms with Gasteiger partial charge in [-0.3, -0.25) is 24.5 Å². The molecule has 0 spiro atoms. The van der Waals surface area contributed by atoms with Crippen molar-refractivity contribution < 1.29 is 24.4 Å². The number of nitro groups is 1. The molecule has 26 heavy (non-hydrogen) atoms. The standard InChI is InChI=1S/C15H10N2O7S2/c18-9(19)4-15-5-25-12-11(26-14(21)16-12)10(15)7-3-6(17(22)23)1-2-8(7)24-13(15)20/h1-3,10H,4-5H2,(H,16,21)(H,18,19)/t10-,15+/m0/s1. The molecule has 0 radical (unpaired) electrons. The Bertz CT molecular complexity index is 1030. The predicted octanol–water partition coefficient (Wildman–Crippen LogP) is 1.96. The highest BCUT2D eigenvalue weighted by Gasteiger charge is 2.57. The number of aliphatic carboxylic acids is 1. The van der Waals surface area contributed by atoms with Gasteiger partial charge < -0.3 is 14.8 Å². The van der Waals surface area contributed by atoms with Crippen molar-refractivity contribution in [3.8, 4) is 5.75 Å². The third-order valence-electron chi connectivity index (χ3n) is 4.52. The van der Waals surface area contributed by atoms with Crippen LogP contribution in [0.3, 0.4) is 0 Å². The minimum Gasteiger partial charge on any atom is -0.481 e. The normalized spacial score (nSPS) is 23.4. The lowest BCUT2D eigenvalue weighted by Crippen LogP contribution is -2.48. The topological polar surface area (TPSA) is 140 Å². The van der Waals surface area contributed by atoms with Crippen LogP contribution in [0.4, 0.5) is 5.69 Å². The molecule has 3 heterocycles. The van der Waals surface area contributed by atoms with Crippen LogP contribution in [0.5, 0.6) is 5.75 Å². The number of benzene rings is 1. The van der Waals surface area contributed by atoms with Crippen LogP contribution in [-0.2, 0) is 9.59 Å². The number of ether oxygens (including phenoxy) is 1. The summed E-state index contributed by atoms with van der Waals surface area (Å²) in [5, 5.41) is 21.1. The third-order valence-corrected chi connectivity index (χ3v) is 6.87. The number of carbonyl (C=O) groups is 2. The van der Waals surface area contributed by atoms with Crippen molar-refractivity contribution in [2.24, 2.45) is 5.41 Å². The van der Waals surface area contributed by atoms with E-state index < -0.39 is 34.6 Å². The van der Waals surface area contributed by atoms with Gasteiger partial charge in [-0.05, 0) is 6.07 Å². The van der Waals surface area contributed by atoms with Crippen LogP contribution in [0.25, 0.3) is 0 Å². The van der Waals surface area contributed by atoms with Crippen LogP contribution < -0.4 is 9.61 Å².